The molecule has 0 saturated heterocycles. The second-order valence-electron chi connectivity index (χ2n) is 6.07. The van der Waals surface area contributed by atoms with Gasteiger partial charge in [0.1, 0.15) is 0 Å². The van der Waals surface area contributed by atoms with Gasteiger partial charge < -0.3 is 16.0 Å². The summed E-state index contributed by atoms with van der Waals surface area (Å²) in [4.78, 5) is 14.5. The Morgan fingerprint density at radius 1 is 1.30 bits per heavy atom. The van der Waals surface area contributed by atoms with Crippen molar-refractivity contribution in [2.45, 2.75) is 32.2 Å². The number of carbonyl (C=O) groups excluding carboxylic acids is 1. The van der Waals surface area contributed by atoms with Crippen molar-refractivity contribution in [3.63, 3.8) is 0 Å². The molecule has 1 fully saturated rings. The fraction of sp³-hybridized carbons (Fsp3) is 0.588. The van der Waals surface area contributed by atoms with Crippen molar-refractivity contribution >= 4 is 36.4 Å². The summed E-state index contributed by atoms with van der Waals surface area (Å²) in [5.74, 6) is 0.660. The molecule has 132 valence electrons. The highest BCUT2D eigenvalue weighted by atomic mass is 35.5. The lowest BCUT2D eigenvalue weighted by Gasteiger charge is -2.28. The number of para-hydroxylation sites is 1. The second kappa shape index (κ2) is 10.7. The molecule has 0 spiro atoms. The van der Waals surface area contributed by atoms with Crippen molar-refractivity contribution in [2.75, 3.05) is 25.0 Å². The highest BCUT2D eigenvalue weighted by Gasteiger charge is 2.31. The van der Waals surface area contributed by atoms with E-state index in [1.165, 1.54) is 5.69 Å². The third-order valence-corrected chi connectivity index (χ3v) is 4.69. The van der Waals surface area contributed by atoms with Gasteiger partial charge in [-0.25, -0.2) is 0 Å². The summed E-state index contributed by atoms with van der Waals surface area (Å²) in [6, 6.07) is 10.5. The maximum Gasteiger partial charge on any atom is 0.223 e. The number of hydrogen-bond acceptors (Lipinski definition) is 3. The Labute approximate surface area is 152 Å². The normalized spacial score (nSPS) is 20.8. The van der Waals surface area contributed by atoms with Crippen molar-refractivity contribution in [1.29, 1.82) is 0 Å². The van der Waals surface area contributed by atoms with E-state index < -0.39 is 0 Å². The Morgan fingerprint density at radius 2 is 1.96 bits per heavy atom. The lowest BCUT2D eigenvalue weighted by atomic mass is 9.95. The smallest absolute Gasteiger partial charge is 0.223 e. The summed E-state index contributed by atoms with van der Waals surface area (Å²) in [7, 11) is 2.06. The van der Waals surface area contributed by atoms with E-state index in [1.807, 2.05) is 18.2 Å². The van der Waals surface area contributed by atoms with Crippen LogP contribution >= 0.6 is 24.8 Å². The second-order valence-corrected chi connectivity index (χ2v) is 6.07. The first-order valence-corrected chi connectivity index (χ1v) is 7.89. The van der Waals surface area contributed by atoms with Gasteiger partial charge in [-0.1, -0.05) is 24.6 Å². The van der Waals surface area contributed by atoms with E-state index >= 15 is 0 Å². The van der Waals surface area contributed by atoms with Crippen LogP contribution in [0.3, 0.4) is 0 Å². The van der Waals surface area contributed by atoms with Crippen LogP contribution in [0.5, 0.6) is 0 Å². The predicted molar refractivity (Wildman–Crippen MR) is 102 cm³/mol. The van der Waals surface area contributed by atoms with Gasteiger partial charge in [-0.15, -0.1) is 24.8 Å². The van der Waals surface area contributed by atoms with Crippen LogP contribution in [0.25, 0.3) is 0 Å². The number of hydrogen-bond donors (Lipinski definition) is 2. The third kappa shape index (κ3) is 5.87. The van der Waals surface area contributed by atoms with E-state index in [2.05, 4.69) is 36.3 Å². The molecule has 0 aromatic heterocycles. The minimum absolute atomic E-state index is 0. The average molecular weight is 362 g/mol. The van der Waals surface area contributed by atoms with Crippen LogP contribution in [0.2, 0.25) is 0 Å². The molecule has 1 aliphatic rings. The van der Waals surface area contributed by atoms with Crippen LogP contribution in [0.15, 0.2) is 30.3 Å². The first-order chi connectivity index (χ1) is 10.1. The topological polar surface area (TPSA) is 58.4 Å². The van der Waals surface area contributed by atoms with Gasteiger partial charge in [0.2, 0.25) is 5.91 Å². The van der Waals surface area contributed by atoms with E-state index in [-0.39, 0.29) is 42.7 Å². The molecule has 1 aliphatic carbocycles. The predicted octanol–water partition coefficient (Wildman–Crippen LogP) is 2.85. The molecule has 2 rings (SSSR count). The number of nitrogens with zero attached hydrogens (tertiary/aromatic N) is 1. The number of likely N-dealkylation sites (N-methyl/N-ethyl adjacent to an activating group) is 1. The standard InChI is InChI=1S/C17H27N3O.2ClH/c1-13(20(2)15-8-4-3-5-9-15)12-19-17(21)16-10-6-7-14(16)11-18;;/h3-5,8-9,13-14,16H,6-7,10-12,18H2,1-2H3,(H,19,21);2*1H/t13?,14-,16-;;/m1../s1. The highest BCUT2D eigenvalue weighted by Crippen LogP contribution is 2.30. The van der Waals surface area contributed by atoms with E-state index in [0.717, 1.165) is 19.3 Å². The Hall–Kier alpha value is -0.970. The summed E-state index contributed by atoms with van der Waals surface area (Å²) >= 11 is 0. The van der Waals surface area contributed by atoms with Crippen LogP contribution in [0.1, 0.15) is 26.2 Å². The first-order valence-electron chi connectivity index (χ1n) is 7.89. The fourth-order valence-electron chi connectivity index (χ4n) is 3.10. The zero-order valence-electron chi connectivity index (χ0n) is 13.9. The minimum atomic E-state index is 0. The highest BCUT2D eigenvalue weighted by molar-refractivity contribution is 5.85. The lowest BCUT2D eigenvalue weighted by molar-refractivity contribution is -0.126. The molecule has 0 radical (unpaired) electrons. The van der Waals surface area contributed by atoms with Gasteiger partial charge in [0, 0.05) is 31.2 Å². The van der Waals surface area contributed by atoms with Gasteiger partial charge in [-0.2, -0.15) is 0 Å². The molecule has 1 amide bonds. The SMILES string of the molecule is CC(CNC(=O)[C@@H]1CCC[C@@H]1CN)N(C)c1ccccc1.Cl.Cl. The van der Waals surface area contributed by atoms with E-state index in [0.29, 0.717) is 19.0 Å². The molecule has 4 nitrogen and oxygen atoms in total. The summed E-state index contributed by atoms with van der Waals surface area (Å²) < 4.78 is 0. The molecule has 1 aromatic carbocycles. The van der Waals surface area contributed by atoms with Crippen LogP contribution < -0.4 is 16.0 Å². The average Bonchev–Trinajstić information content (AvgIpc) is 3.01. The quantitative estimate of drug-likeness (QED) is 0.818. The number of benzene rings is 1. The Kier molecular flexibility index (Phi) is 10.3. The molecule has 3 atom stereocenters. The molecular weight excluding hydrogens is 333 g/mol. The minimum Gasteiger partial charge on any atom is -0.370 e. The molecule has 0 heterocycles. The van der Waals surface area contributed by atoms with Gasteiger partial charge in [-0.3, -0.25) is 4.79 Å². The first kappa shape index (κ1) is 22.0. The fourth-order valence-corrected chi connectivity index (χ4v) is 3.10. The number of rotatable bonds is 6. The maximum absolute atomic E-state index is 12.3. The number of carbonyl (C=O) groups is 1. The third-order valence-electron chi connectivity index (χ3n) is 4.69. The Morgan fingerprint density at radius 3 is 2.57 bits per heavy atom. The molecule has 1 unspecified atom stereocenters. The van der Waals surface area contributed by atoms with Crippen LogP contribution in [0, 0.1) is 11.8 Å². The molecular formula is C17H29Cl2N3O. The number of nitrogens with two attached hydrogens (primary N) is 1. The van der Waals surface area contributed by atoms with Crippen molar-refractivity contribution in [2.24, 2.45) is 17.6 Å². The molecule has 1 aromatic rings. The molecule has 0 bridgehead atoms. The van der Waals surface area contributed by atoms with Crippen LogP contribution in [-0.4, -0.2) is 32.1 Å². The lowest BCUT2D eigenvalue weighted by Crippen LogP contribution is -2.43. The Balaban J connectivity index is 0.00000242. The van der Waals surface area contributed by atoms with Gasteiger partial charge in [0.25, 0.3) is 0 Å². The summed E-state index contributed by atoms with van der Waals surface area (Å²) in [5, 5.41) is 3.10. The maximum atomic E-state index is 12.3. The van der Waals surface area contributed by atoms with Gasteiger partial charge in [-0.05, 0) is 44.4 Å². The molecule has 1 saturated carbocycles. The van der Waals surface area contributed by atoms with Crippen molar-refractivity contribution < 1.29 is 4.79 Å². The monoisotopic (exact) mass is 361 g/mol. The van der Waals surface area contributed by atoms with Crippen molar-refractivity contribution in [1.82, 2.24) is 5.32 Å². The number of amides is 1. The molecule has 3 N–H and O–H groups in total. The van der Waals surface area contributed by atoms with Crippen LogP contribution in [0.4, 0.5) is 5.69 Å². The van der Waals surface area contributed by atoms with E-state index in [1.54, 1.807) is 0 Å². The zero-order chi connectivity index (χ0) is 15.2. The number of halogens is 2. The van der Waals surface area contributed by atoms with Gasteiger partial charge >= 0.3 is 0 Å². The largest absolute Gasteiger partial charge is 0.370 e. The van der Waals surface area contributed by atoms with E-state index in [4.69, 9.17) is 5.73 Å². The number of nitrogens with one attached hydrogen (secondary N) is 1. The van der Waals surface area contributed by atoms with Crippen molar-refractivity contribution in [3.8, 4) is 0 Å². The Bertz CT molecular complexity index is 458. The summed E-state index contributed by atoms with van der Waals surface area (Å²) in [6.45, 7) is 3.41. The summed E-state index contributed by atoms with van der Waals surface area (Å²) in [5.41, 5.74) is 6.92. The molecule has 0 aliphatic heterocycles. The number of anilines is 1. The van der Waals surface area contributed by atoms with Gasteiger partial charge in [0.15, 0.2) is 0 Å². The zero-order valence-corrected chi connectivity index (χ0v) is 15.5. The van der Waals surface area contributed by atoms with Gasteiger partial charge in [0.05, 0.1) is 0 Å². The van der Waals surface area contributed by atoms with Crippen LogP contribution in [-0.2, 0) is 4.79 Å². The van der Waals surface area contributed by atoms with E-state index in [9.17, 15) is 4.79 Å². The van der Waals surface area contributed by atoms with Crippen molar-refractivity contribution in [3.05, 3.63) is 30.3 Å². The molecule has 6 heteroatoms. The summed E-state index contributed by atoms with van der Waals surface area (Å²) in [6.07, 6.45) is 3.20. The molecule has 23 heavy (non-hydrogen) atoms.